The number of amides is 1. The lowest BCUT2D eigenvalue weighted by atomic mass is 10.2. The average Bonchev–Trinajstić information content (AvgIpc) is 3.36. The Labute approximate surface area is 174 Å². The molecule has 1 aromatic heterocycles. The summed E-state index contributed by atoms with van der Waals surface area (Å²) in [6.07, 6.45) is 0.806. The second kappa shape index (κ2) is 8.04. The van der Waals surface area contributed by atoms with Gasteiger partial charge in [-0.1, -0.05) is 36.9 Å². The first-order valence-corrected chi connectivity index (χ1v) is 11.3. The lowest BCUT2D eigenvalue weighted by Gasteiger charge is -2.18. The van der Waals surface area contributed by atoms with Crippen molar-refractivity contribution in [3.63, 3.8) is 0 Å². The topological polar surface area (TPSA) is 97.6 Å². The second-order valence-electron chi connectivity index (χ2n) is 6.90. The van der Waals surface area contributed by atoms with Gasteiger partial charge in [0.15, 0.2) is 6.61 Å². The van der Waals surface area contributed by atoms with Gasteiger partial charge < -0.3 is 9.74 Å². The Morgan fingerprint density at radius 3 is 2.70 bits per heavy atom. The van der Waals surface area contributed by atoms with Crippen LogP contribution >= 0.6 is 0 Å². The molecule has 1 amide bonds. The number of carbonyl (C=O) groups excluding carboxylic acids is 1. The molecule has 0 radical (unpaired) electrons. The van der Waals surface area contributed by atoms with Gasteiger partial charge in [0, 0.05) is 25.3 Å². The zero-order chi connectivity index (χ0) is 21.3. The Morgan fingerprint density at radius 2 is 1.93 bits per heavy atom. The Hall–Kier alpha value is -2.98. The van der Waals surface area contributed by atoms with Gasteiger partial charge in [-0.15, -0.1) is 5.10 Å². The number of rotatable bonds is 7. The lowest BCUT2D eigenvalue weighted by molar-refractivity contribution is -0.123. The third-order valence-electron chi connectivity index (χ3n) is 5.23. The third-order valence-corrected chi connectivity index (χ3v) is 7.27. The zero-order valence-electron chi connectivity index (χ0n) is 16.9. The van der Waals surface area contributed by atoms with E-state index in [1.807, 2.05) is 24.3 Å². The van der Waals surface area contributed by atoms with Gasteiger partial charge >= 0.3 is 0 Å². The Kier molecular flexibility index (Phi) is 5.44. The number of carbonyl (C=O) groups is 1. The van der Waals surface area contributed by atoms with E-state index < -0.39 is 10.0 Å². The van der Waals surface area contributed by atoms with Crippen molar-refractivity contribution >= 4 is 32.7 Å². The maximum absolute atomic E-state index is 12.8. The molecule has 0 atom stereocenters. The number of aromatic nitrogens is 3. The second-order valence-corrected chi connectivity index (χ2v) is 8.84. The molecule has 0 unspecified atom stereocenters. The van der Waals surface area contributed by atoms with Crippen molar-refractivity contribution < 1.29 is 18.0 Å². The van der Waals surface area contributed by atoms with Crippen molar-refractivity contribution in [2.75, 3.05) is 31.1 Å². The minimum atomic E-state index is -3.63. The number of para-hydroxylation sites is 1. The number of sulfonamides is 1. The standard InChI is InChI=1S/C20H23N5O4S/c1-3-23(4-2)30(27,28)16-9-10-17-19(13-16)25(22-21-17)29-14-20(26)24-12-11-15-7-5-6-8-18(15)24/h5-10,13H,3-4,11-12,14H2,1-2H3. The van der Waals surface area contributed by atoms with Crippen LogP contribution in [0.2, 0.25) is 0 Å². The zero-order valence-corrected chi connectivity index (χ0v) is 17.7. The van der Waals surface area contributed by atoms with Crippen LogP contribution in [0.5, 0.6) is 0 Å². The van der Waals surface area contributed by atoms with Gasteiger partial charge in [0.1, 0.15) is 11.0 Å². The fraction of sp³-hybridized carbons (Fsp3) is 0.350. The summed E-state index contributed by atoms with van der Waals surface area (Å²) in [5.41, 5.74) is 2.88. The van der Waals surface area contributed by atoms with Crippen LogP contribution in [0.1, 0.15) is 19.4 Å². The van der Waals surface area contributed by atoms with E-state index in [1.54, 1.807) is 24.8 Å². The van der Waals surface area contributed by atoms with Crippen molar-refractivity contribution in [1.29, 1.82) is 0 Å². The number of hydrogen-bond acceptors (Lipinski definition) is 6. The molecule has 1 aliphatic heterocycles. The summed E-state index contributed by atoms with van der Waals surface area (Å²) in [5, 5.41) is 7.90. The summed E-state index contributed by atoms with van der Waals surface area (Å²) in [7, 11) is -3.63. The van der Waals surface area contributed by atoms with Crippen LogP contribution in [0, 0.1) is 0 Å². The average molecular weight is 430 g/mol. The number of hydrogen-bond donors (Lipinski definition) is 0. The fourth-order valence-electron chi connectivity index (χ4n) is 3.64. The van der Waals surface area contributed by atoms with E-state index in [0.29, 0.717) is 30.7 Å². The van der Waals surface area contributed by atoms with E-state index in [0.717, 1.165) is 22.5 Å². The summed E-state index contributed by atoms with van der Waals surface area (Å²) in [5.74, 6) is -0.199. The van der Waals surface area contributed by atoms with Crippen molar-refractivity contribution in [3.05, 3.63) is 48.0 Å². The van der Waals surface area contributed by atoms with Crippen molar-refractivity contribution in [3.8, 4) is 0 Å². The lowest BCUT2D eigenvalue weighted by Crippen LogP contribution is -2.35. The molecule has 0 saturated carbocycles. The largest absolute Gasteiger partial charge is 0.385 e. The minimum absolute atomic E-state index is 0.130. The van der Waals surface area contributed by atoms with Crippen LogP contribution in [0.4, 0.5) is 5.69 Å². The first-order chi connectivity index (χ1) is 14.5. The Morgan fingerprint density at radius 1 is 1.17 bits per heavy atom. The van der Waals surface area contributed by atoms with Crippen molar-refractivity contribution in [1.82, 2.24) is 19.5 Å². The molecule has 30 heavy (non-hydrogen) atoms. The van der Waals surface area contributed by atoms with Crippen LogP contribution in [-0.2, 0) is 21.2 Å². The molecular formula is C20H23N5O4S. The van der Waals surface area contributed by atoms with Crippen LogP contribution in [0.3, 0.4) is 0 Å². The molecule has 0 saturated heterocycles. The molecule has 0 N–H and O–H groups in total. The number of nitrogens with zero attached hydrogens (tertiary/aromatic N) is 5. The molecule has 2 aromatic carbocycles. The summed E-state index contributed by atoms with van der Waals surface area (Å²) < 4.78 is 27.0. The van der Waals surface area contributed by atoms with E-state index in [-0.39, 0.29) is 17.4 Å². The molecule has 4 rings (SSSR count). The van der Waals surface area contributed by atoms with Gasteiger partial charge in [-0.2, -0.15) is 4.31 Å². The summed E-state index contributed by atoms with van der Waals surface area (Å²) >= 11 is 0. The fourth-order valence-corrected chi connectivity index (χ4v) is 5.12. The SMILES string of the molecule is CCN(CC)S(=O)(=O)c1ccc2nnn(OCC(=O)N3CCc4ccccc43)c2c1. The highest BCUT2D eigenvalue weighted by Gasteiger charge is 2.26. The molecule has 0 spiro atoms. The van der Waals surface area contributed by atoms with Gasteiger partial charge in [-0.3, -0.25) is 4.79 Å². The molecule has 0 bridgehead atoms. The molecule has 2 heterocycles. The normalized spacial score (nSPS) is 13.8. The Balaban J connectivity index is 1.55. The van der Waals surface area contributed by atoms with E-state index in [2.05, 4.69) is 10.3 Å². The highest BCUT2D eigenvalue weighted by atomic mass is 32.2. The minimum Gasteiger partial charge on any atom is -0.385 e. The maximum Gasteiger partial charge on any atom is 0.267 e. The quantitative estimate of drug-likeness (QED) is 0.564. The van der Waals surface area contributed by atoms with Crippen LogP contribution in [0.15, 0.2) is 47.4 Å². The van der Waals surface area contributed by atoms with Crippen molar-refractivity contribution in [2.45, 2.75) is 25.2 Å². The highest BCUT2D eigenvalue weighted by Crippen LogP contribution is 2.27. The first kappa shape index (κ1) is 20.3. The molecule has 3 aromatic rings. The predicted octanol–water partition coefficient (Wildman–Crippen LogP) is 1.48. The van der Waals surface area contributed by atoms with Gasteiger partial charge in [-0.25, -0.2) is 8.42 Å². The van der Waals surface area contributed by atoms with Gasteiger partial charge in [0.25, 0.3) is 5.91 Å². The van der Waals surface area contributed by atoms with Gasteiger partial charge in [0.05, 0.1) is 4.90 Å². The molecule has 158 valence electrons. The molecule has 9 nitrogen and oxygen atoms in total. The van der Waals surface area contributed by atoms with Crippen molar-refractivity contribution in [2.24, 2.45) is 0 Å². The molecule has 0 aliphatic carbocycles. The number of benzene rings is 2. The summed E-state index contributed by atoms with van der Waals surface area (Å²) in [6.45, 7) is 4.69. The molecule has 1 aliphatic rings. The number of anilines is 1. The highest BCUT2D eigenvalue weighted by molar-refractivity contribution is 7.89. The smallest absolute Gasteiger partial charge is 0.267 e. The summed E-state index contributed by atoms with van der Waals surface area (Å²) in [6, 6.07) is 12.3. The summed E-state index contributed by atoms with van der Waals surface area (Å²) in [4.78, 5) is 21.2. The number of fused-ring (bicyclic) bond motifs is 2. The van der Waals surface area contributed by atoms with Crippen LogP contribution < -0.4 is 9.74 Å². The van der Waals surface area contributed by atoms with E-state index in [4.69, 9.17) is 4.84 Å². The predicted molar refractivity (Wildman–Crippen MR) is 112 cm³/mol. The Bertz CT molecular complexity index is 1190. The monoisotopic (exact) mass is 429 g/mol. The van der Waals surface area contributed by atoms with E-state index >= 15 is 0 Å². The van der Waals surface area contributed by atoms with E-state index in [9.17, 15) is 13.2 Å². The van der Waals surface area contributed by atoms with Gasteiger partial charge in [0.2, 0.25) is 10.0 Å². The van der Waals surface area contributed by atoms with Gasteiger partial charge in [-0.05, 0) is 41.5 Å². The van der Waals surface area contributed by atoms with E-state index in [1.165, 1.54) is 16.4 Å². The van der Waals surface area contributed by atoms with Crippen LogP contribution in [-0.4, -0.2) is 60.0 Å². The molecular weight excluding hydrogens is 406 g/mol. The molecule has 0 fully saturated rings. The molecule has 10 heteroatoms. The first-order valence-electron chi connectivity index (χ1n) is 9.83. The maximum atomic E-state index is 12.8. The third kappa shape index (κ3) is 3.52. The van der Waals surface area contributed by atoms with Crippen LogP contribution in [0.25, 0.3) is 11.0 Å².